The van der Waals surface area contributed by atoms with Gasteiger partial charge < -0.3 is 14.8 Å². The predicted octanol–water partition coefficient (Wildman–Crippen LogP) is 5.29. The molecule has 1 saturated heterocycles. The Kier molecular flexibility index (Phi) is 9.74. The van der Waals surface area contributed by atoms with E-state index in [0.29, 0.717) is 51.8 Å². The minimum Gasteiger partial charge on any atom is -0.490 e. The van der Waals surface area contributed by atoms with Gasteiger partial charge in [-0.1, -0.05) is 18.2 Å². The topological polar surface area (TPSA) is 96.9 Å². The summed E-state index contributed by atoms with van der Waals surface area (Å²) in [6.45, 7) is 9.47. The van der Waals surface area contributed by atoms with Crippen molar-refractivity contribution in [3.05, 3.63) is 83.9 Å². The molecule has 0 saturated carbocycles. The first-order valence-corrected chi connectivity index (χ1v) is 16.1. The lowest BCUT2D eigenvalue weighted by molar-refractivity contribution is 0.141. The van der Waals surface area contributed by atoms with E-state index in [2.05, 4.69) is 16.3 Å². The summed E-state index contributed by atoms with van der Waals surface area (Å²) in [5, 5.41) is 4.46. The number of para-hydroxylation sites is 1. The maximum Gasteiger partial charge on any atom is 0.243 e. The number of hydrogen-bond acceptors (Lipinski definition) is 8. The van der Waals surface area contributed by atoms with Gasteiger partial charge in [0.15, 0.2) is 11.5 Å². The zero-order valence-corrected chi connectivity index (χ0v) is 25.6. The molecule has 0 amide bonds. The number of halogens is 1. The molecule has 1 fully saturated rings. The summed E-state index contributed by atoms with van der Waals surface area (Å²) in [7, 11) is -3.69. The lowest BCUT2D eigenvalue weighted by Crippen LogP contribution is -2.49. The predicted molar refractivity (Wildman–Crippen MR) is 166 cm³/mol. The Labute approximate surface area is 252 Å². The van der Waals surface area contributed by atoms with E-state index in [9.17, 15) is 12.8 Å². The number of benzene rings is 3. The number of piperazine rings is 1. The lowest BCUT2D eigenvalue weighted by Gasteiger charge is -2.36. The molecule has 1 aromatic heterocycles. The van der Waals surface area contributed by atoms with Gasteiger partial charge in [-0.3, -0.25) is 4.90 Å². The van der Waals surface area contributed by atoms with Crippen LogP contribution in [0.25, 0.3) is 10.9 Å². The van der Waals surface area contributed by atoms with E-state index in [1.165, 1.54) is 28.6 Å². The molecule has 3 aromatic carbocycles. The number of fused-ring (bicyclic) bond motifs is 1. The second-order valence-corrected chi connectivity index (χ2v) is 12.3. The zero-order valence-electron chi connectivity index (χ0n) is 24.8. The Morgan fingerprint density at radius 3 is 2.33 bits per heavy atom. The number of rotatable bonds is 12. The molecule has 11 heteroatoms. The number of ether oxygens (including phenoxy) is 2. The van der Waals surface area contributed by atoms with Crippen LogP contribution in [-0.2, 0) is 16.4 Å². The van der Waals surface area contributed by atoms with Crippen molar-refractivity contribution in [2.75, 3.05) is 51.3 Å². The smallest absolute Gasteiger partial charge is 0.243 e. The van der Waals surface area contributed by atoms with E-state index in [1.54, 1.807) is 0 Å². The fraction of sp³-hybridized carbons (Fsp3) is 0.375. The fourth-order valence-corrected chi connectivity index (χ4v) is 6.66. The van der Waals surface area contributed by atoms with Crippen molar-refractivity contribution in [3.8, 4) is 11.5 Å². The molecule has 5 rings (SSSR count). The lowest BCUT2D eigenvalue weighted by atomic mass is 10.1. The molecule has 1 aliphatic rings. The van der Waals surface area contributed by atoms with Gasteiger partial charge in [-0.05, 0) is 81.3 Å². The van der Waals surface area contributed by atoms with E-state index >= 15 is 0 Å². The van der Waals surface area contributed by atoms with Crippen molar-refractivity contribution < 1.29 is 22.3 Å². The number of nitrogens with one attached hydrogen (secondary N) is 1. The summed E-state index contributed by atoms with van der Waals surface area (Å²) in [6.07, 6.45) is 0.764. The molecule has 1 aliphatic heterocycles. The Balaban J connectivity index is 1.27. The fourth-order valence-electron chi connectivity index (χ4n) is 5.24. The molecular formula is C32H38FN5O4S. The summed E-state index contributed by atoms with van der Waals surface area (Å²) in [5.41, 5.74) is 1.97. The van der Waals surface area contributed by atoms with Gasteiger partial charge in [0.05, 0.1) is 29.7 Å². The summed E-state index contributed by atoms with van der Waals surface area (Å²) >= 11 is 0. The number of hydrogen-bond donors (Lipinski definition) is 1. The van der Waals surface area contributed by atoms with Crippen molar-refractivity contribution in [2.24, 2.45) is 0 Å². The van der Waals surface area contributed by atoms with Gasteiger partial charge in [0.25, 0.3) is 0 Å². The number of aromatic nitrogens is 2. The van der Waals surface area contributed by atoms with Gasteiger partial charge in [0, 0.05) is 38.1 Å². The van der Waals surface area contributed by atoms with E-state index < -0.39 is 15.8 Å². The summed E-state index contributed by atoms with van der Waals surface area (Å²) in [4.78, 5) is 12.1. The van der Waals surface area contributed by atoms with Gasteiger partial charge in [0.1, 0.15) is 17.5 Å². The van der Waals surface area contributed by atoms with Crippen LogP contribution in [0.3, 0.4) is 0 Å². The minimum absolute atomic E-state index is 0.100. The standard InChI is InChI=1S/C32H38FN5O4S/c1-4-41-29-15-10-24(22-30(29)42-5-2)16-17-34-32-27-8-6-7-9-28(27)35-31(36-32)23(3)37-18-20-38(21-19-37)43(39,40)26-13-11-25(33)12-14-26/h6-15,22-23H,4-5,16-21H2,1-3H3,(H,34,35,36). The molecule has 43 heavy (non-hydrogen) atoms. The second kappa shape index (κ2) is 13.7. The van der Waals surface area contributed by atoms with Crippen LogP contribution in [0, 0.1) is 5.82 Å². The first-order valence-electron chi connectivity index (χ1n) is 14.7. The van der Waals surface area contributed by atoms with E-state index in [0.717, 1.165) is 40.2 Å². The van der Waals surface area contributed by atoms with Gasteiger partial charge in [-0.25, -0.2) is 22.8 Å². The molecule has 0 spiro atoms. The Bertz CT molecular complexity index is 1640. The van der Waals surface area contributed by atoms with Crippen LogP contribution in [0.15, 0.2) is 71.6 Å². The highest BCUT2D eigenvalue weighted by Crippen LogP contribution is 2.30. The van der Waals surface area contributed by atoms with Gasteiger partial charge >= 0.3 is 0 Å². The number of anilines is 1. The summed E-state index contributed by atoms with van der Waals surface area (Å²) in [6, 6.07) is 18.8. The molecule has 4 aromatic rings. The summed E-state index contributed by atoms with van der Waals surface area (Å²) in [5.74, 6) is 2.47. The molecule has 1 unspecified atom stereocenters. The van der Waals surface area contributed by atoms with Crippen molar-refractivity contribution in [3.63, 3.8) is 0 Å². The van der Waals surface area contributed by atoms with E-state index in [-0.39, 0.29) is 10.9 Å². The Hall–Kier alpha value is -3.80. The first-order chi connectivity index (χ1) is 20.8. The molecule has 9 nitrogen and oxygen atoms in total. The maximum atomic E-state index is 13.3. The normalized spacial score (nSPS) is 15.3. The van der Waals surface area contributed by atoms with E-state index in [1.807, 2.05) is 57.2 Å². The van der Waals surface area contributed by atoms with Crippen LogP contribution in [0.5, 0.6) is 11.5 Å². The SMILES string of the molecule is CCOc1ccc(CCNc2nc(C(C)N3CCN(S(=O)(=O)c4ccc(F)cc4)CC3)nc3ccccc23)cc1OCC. The van der Waals surface area contributed by atoms with Crippen molar-refractivity contribution in [1.29, 1.82) is 0 Å². The highest BCUT2D eigenvalue weighted by Gasteiger charge is 2.31. The van der Waals surface area contributed by atoms with Crippen LogP contribution in [0.2, 0.25) is 0 Å². The van der Waals surface area contributed by atoms with Crippen LogP contribution in [0.1, 0.15) is 38.2 Å². The van der Waals surface area contributed by atoms with Crippen LogP contribution in [-0.4, -0.2) is 73.5 Å². The average molecular weight is 608 g/mol. The van der Waals surface area contributed by atoms with Gasteiger partial charge in [-0.2, -0.15) is 4.31 Å². The molecule has 0 bridgehead atoms. The van der Waals surface area contributed by atoms with Crippen LogP contribution < -0.4 is 14.8 Å². The highest BCUT2D eigenvalue weighted by atomic mass is 32.2. The molecule has 1 atom stereocenters. The third-order valence-corrected chi connectivity index (χ3v) is 9.49. The number of sulfonamides is 1. The maximum absolute atomic E-state index is 13.3. The van der Waals surface area contributed by atoms with E-state index in [4.69, 9.17) is 19.4 Å². The van der Waals surface area contributed by atoms with Crippen molar-refractivity contribution in [1.82, 2.24) is 19.2 Å². The monoisotopic (exact) mass is 607 g/mol. The molecule has 0 aliphatic carbocycles. The molecule has 2 heterocycles. The van der Waals surface area contributed by atoms with Crippen LogP contribution >= 0.6 is 0 Å². The molecule has 228 valence electrons. The molecular weight excluding hydrogens is 569 g/mol. The van der Waals surface area contributed by atoms with Gasteiger partial charge in [-0.15, -0.1) is 0 Å². The second-order valence-electron chi connectivity index (χ2n) is 10.3. The quantitative estimate of drug-likeness (QED) is 0.232. The average Bonchev–Trinajstić information content (AvgIpc) is 3.02. The number of nitrogens with zero attached hydrogens (tertiary/aromatic N) is 4. The third kappa shape index (κ3) is 7.06. The first kappa shape index (κ1) is 30.7. The van der Waals surface area contributed by atoms with Crippen LogP contribution in [0.4, 0.5) is 10.2 Å². The Morgan fingerprint density at radius 2 is 1.60 bits per heavy atom. The molecule has 0 radical (unpaired) electrons. The minimum atomic E-state index is -3.69. The Morgan fingerprint density at radius 1 is 0.907 bits per heavy atom. The van der Waals surface area contributed by atoms with Crippen molar-refractivity contribution >= 4 is 26.7 Å². The third-order valence-electron chi connectivity index (χ3n) is 7.58. The highest BCUT2D eigenvalue weighted by molar-refractivity contribution is 7.89. The largest absolute Gasteiger partial charge is 0.490 e. The van der Waals surface area contributed by atoms with Gasteiger partial charge in [0.2, 0.25) is 10.0 Å². The van der Waals surface area contributed by atoms with Crippen molar-refractivity contribution in [2.45, 2.75) is 38.1 Å². The molecule has 1 N–H and O–H groups in total. The summed E-state index contributed by atoms with van der Waals surface area (Å²) < 4.78 is 52.4. The zero-order chi connectivity index (χ0) is 30.4.